The molecule has 1 unspecified atom stereocenters. The number of aryl methyl sites for hydroxylation is 1. The third-order valence-electron chi connectivity index (χ3n) is 7.39. The van der Waals surface area contributed by atoms with Gasteiger partial charge in [0, 0.05) is 74.8 Å². The van der Waals surface area contributed by atoms with Gasteiger partial charge in [-0.25, -0.2) is 0 Å². The van der Waals surface area contributed by atoms with Gasteiger partial charge in [-0.05, 0) is 23.3 Å². The van der Waals surface area contributed by atoms with E-state index in [0.29, 0.717) is 6.42 Å². The highest BCUT2D eigenvalue weighted by Gasteiger charge is 2.28. The normalized spacial score (nSPS) is 15.4. The molecule has 5 rings (SSSR count). The van der Waals surface area contributed by atoms with Crippen molar-refractivity contribution in [2.24, 2.45) is 7.05 Å². The molecule has 190 valence electrons. The van der Waals surface area contributed by atoms with Crippen molar-refractivity contribution < 1.29 is 9.53 Å². The van der Waals surface area contributed by atoms with E-state index in [9.17, 15) is 4.79 Å². The number of ether oxygens (including phenoxy) is 1. The van der Waals surface area contributed by atoms with E-state index in [-0.39, 0.29) is 11.8 Å². The van der Waals surface area contributed by atoms with E-state index in [4.69, 9.17) is 4.74 Å². The van der Waals surface area contributed by atoms with Gasteiger partial charge in [-0.2, -0.15) is 0 Å². The average Bonchev–Trinajstić information content (AvgIpc) is 3.28. The summed E-state index contributed by atoms with van der Waals surface area (Å²) in [6.45, 7) is 4.19. The Bertz CT molecular complexity index is 1370. The highest BCUT2D eigenvalue weighted by Crippen LogP contribution is 2.38. The number of carbonyl (C=O) groups is 1. The summed E-state index contributed by atoms with van der Waals surface area (Å²) >= 11 is 0. The summed E-state index contributed by atoms with van der Waals surface area (Å²) < 4.78 is 7.88. The fourth-order valence-corrected chi connectivity index (χ4v) is 5.38. The standard InChI is InChI=1S/C32H35N3O2/c1-33-24-29(26-14-6-8-16-30(26)33)28(27-15-7-9-17-31(27)37-2)23-32(36)35-21-19-34(20-22-35)18-10-13-25-11-4-3-5-12-25/h3-17,24,28H,18-23H2,1-2H3/b13-10+. The van der Waals surface area contributed by atoms with Crippen molar-refractivity contribution in [3.63, 3.8) is 0 Å². The van der Waals surface area contributed by atoms with Crippen LogP contribution in [0.1, 0.15) is 29.0 Å². The molecule has 5 nitrogen and oxygen atoms in total. The smallest absolute Gasteiger partial charge is 0.223 e. The molecule has 4 aromatic rings. The molecule has 37 heavy (non-hydrogen) atoms. The van der Waals surface area contributed by atoms with Gasteiger partial charge in [0.05, 0.1) is 7.11 Å². The van der Waals surface area contributed by atoms with Gasteiger partial charge in [-0.15, -0.1) is 0 Å². The van der Waals surface area contributed by atoms with Crippen LogP contribution in [-0.4, -0.2) is 60.1 Å². The SMILES string of the molecule is COc1ccccc1C(CC(=O)N1CCN(C/C=C/c2ccccc2)CC1)c1cn(C)c2ccccc12. The molecule has 0 spiro atoms. The molecule has 1 aromatic heterocycles. The number of hydrogen-bond donors (Lipinski definition) is 0. The lowest BCUT2D eigenvalue weighted by atomic mass is 9.87. The maximum atomic E-state index is 13.6. The zero-order valence-electron chi connectivity index (χ0n) is 21.7. The highest BCUT2D eigenvalue weighted by atomic mass is 16.5. The summed E-state index contributed by atoms with van der Waals surface area (Å²) in [5, 5.41) is 1.18. The van der Waals surface area contributed by atoms with Crippen molar-refractivity contribution in [2.45, 2.75) is 12.3 Å². The van der Waals surface area contributed by atoms with E-state index in [0.717, 1.165) is 44.0 Å². The summed E-state index contributed by atoms with van der Waals surface area (Å²) in [5.74, 6) is 0.938. The second-order valence-electron chi connectivity index (χ2n) is 9.71. The topological polar surface area (TPSA) is 37.7 Å². The second kappa shape index (κ2) is 11.5. The predicted molar refractivity (Wildman–Crippen MR) is 151 cm³/mol. The minimum absolute atomic E-state index is 0.0819. The van der Waals surface area contributed by atoms with Crippen molar-refractivity contribution in [1.29, 1.82) is 0 Å². The molecular weight excluding hydrogens is 458 g/mol. The number of para-hydroxylation sites is 2. The molecule has 0 bridgehead atoms. The van der Waals surface area contributed by atoms with Crippen LogP contribution in [0.4, 0.5) is 0 Å². The first-order valence-electron chi connectivity index (χ1n) is 13.0. The zero-order valence-corrected chi connectivity index (χ0v) is 21.7. The van der Waals surface area contributed by atoms with Gasteiger partial charge in [0.25, 0.3) is 0 Å². The van der Waals surface area contributed by atoms with Crippen molar-refractivity contribution in [1.82, 2.24) is 14.4 Å². The molecule has 1 saturated heterocycles. The lowest BCUT2D eigenvalue weighted by Gasteiger charge is -2.35. The van der Waals surface area contributed by atoms with Crippen LogP contribution in [0.3, 0.4) is 0 Å². The maximum absolute atomic E-state index is 13.6. The van der Waals surface area contributed by atoms with Crippen molar-refractivity contribution >= 4 is 22.9 Å². The molecule has 2 heterocycles. The molecule has 0 N–H and O–H groups in total. The van der Waals surface area contributed by atoms with Gasteiger partial charge < -0.3 is 14.2 Å². The molecule has 1 aliphatic rings. The van der Waals surface area contributed by atoms with Crippen molar-refractivity contribution in [2.75, 3.05) is 39.8 Å². The van der Waals surface area contributed by atoms with E-state index in [1.54, 1.807) is 7.11 Å². The Labute approximate surface area is 219 Å². The van der Waals surface area contributed by atoms with Crippen LogP contribution in [0.15, 0.2) is 91.1 Å². The third-order valence-corrected chi connectivity index (χ3v) is 7.39. The molecule has 1 amide bonds. The largest absolute Gasteiger partial charge is 0.496 e. The number of hydrogen-bond acceptors (Lipinski definition) is 3. The molecule has 0 radical (unpaired) electrons. The zero-order chi connectivity index (χ0) is 25.6. The van der Waals surface area contributed by atoms with E-state index in [1.165, 1.54) is 22.0 Å². The Morgan fingerprint density at radius 3 is 2.38 bits per heavy atom. The van der Waals surface area contributed by atoms with Crippen LogP contribution in [0.5, 0.6) is 5.75 Å². The average molecular weight is 494 g/mol. The van der Waals surface area contributed by atoms with Gasteiger partial charge in [-0.3, -0.25) is 9.69 Å². The van der Waals surface area contributed by atoms with Gasteiger partial charge in [0.1, 0.15) is 5.75 Å². The fraction of sp³-hybridized carbons (Fsp3) is 0.281. The molecule has 1 fully saturated rings. The molecule has 1 atom stereocenters. The van der Waals surface area contributed by atoms with E-state index < -0.39 is 0 Å². The Morgan fingerprint density at radius 1 is 0.892 bits per heavy atom. The van der Waals surface area contributed by atoms with Crippen LogP contribution in [0.25, 0.3) is 17.0 Å². The molecule has 5 heteroatoms. The second-order valence-corrected chi connectivity index (χ2v) is 9.71. The first kappa shape index (κ1) is 24.8. The number of piperazine rings is 1. The Hall–Kier alpha value is -3.83. The van der Waals surface area contributed by atoms with Gasteiger partial charge in [0.15, 0.2) is 0 Å². The van der Waals surface area contributed by atoms with E-state index in [2.05, 4.69) is 89.5 Å². The van der Waals surface area contributed by atoms with Gasteiger partial charge in [0.2, 0.25) is 5.91 Å². The molecular formula is C32H35N3O2. The number of amides is 1. The number of methoxy groups -OCH3 is 1. The van der Waals surface area contributed by atoms with E-state index >= 15 is 0 Å². The minimum Gasteiger partial charge on any atom is -0.496 e. The first-order chi connectivity index (χ1) is 18.1. The third kappa shape index (κ3) is 5.62. The number of aromatic nitrogens is 1. The van der Waals surface area contributed by atoms with Gasteiger partial charge in [-0.1, -0.05) is 78.9 Å². The summed E-state index contributed by atoms with van der Waals surface area (Å²) in [5.41, 5.74) is 4.61. The summed E-state index contributed by atoms with van der Waals surface area (Å²) in [7, 11) is 3.77. The van der Waals surface area contributed by atoms with Crippen molar-refractivity contribution in [3.8, 4) is 5.75 Å². The Kier molecular flexibility index (Phi) is 7.71. The number of benzene rings is 3. The Balaban J connectivity index is 1.30. The van der Waals surface area contributed by atoms with Crippen LogP contribution in [0, 0.1) is 0 Å². The van der Waals surface area contributed by atoms with E-state index in [1.807, 2.05) is 29.2 Å². The summed E-state index contributed by atoms with van der Waals surface area (Å²) in [6, 6.07) is 26.9. The fourth-order valence-electron chi connectivity index (χ4n) is 5.38. The monoisotopic (exact) mass is 493 g/mol. The van der Waals surface area contributed by atoms with Crippen LogP contribution in [-0.2, 0) is 11.8 Å². The Morgan fingerprint density at radius 2 is 1.59 bits per heavy atom. The number of nitrogens with zero attached hydrogens (tertiary/aromatic N) is 3. The molecule has 1 aliphatic heterocycles. The first-order valence-corrected chi connectivity index (χ1v) is 13.0. The number of carbonyl (C=O) groups excluding carboxylic acids is 1. The maximum Gasteiger partial charge on any atom is 0.223 e. The molecule has 0 saturated carbocycles. The summed E-state index contributed by atoms with van der Waals surface area (Å²) in [6.07, 6.45) is 6.97. The minimum atomic E-state index is -0.0819. The van der Waals surface area contributed by atoms with Crippen LogP contribution < -0.4 is 4.74 Å². The highest BCUT2D eigenvalue weighted by molar-refractivity contribution is 5.87. The quantitative estimate of drug-likeness (QED) is 0.322. The molecule has 3 aromatic carbocycles. The number of rotatable bonds is 8. The summed E-state index contributed by atoms with van der Waals surface area (Å²) in [4.78, 5) is 18.1. The molecule has 0 aliphatic carbocycles. The predicted octanol–water partition coefficient (Wildman–Crippen LogP) is 5.57. The lowest BCUT2D eigenvalue weighted by molar-refractivity contribution is -0.133. The number of fused-ring (bicyclic) bond motifs is 1. The van der Waals surface area contributed by atoms with Crippen LogP contribution in [0.2, 0.25) is 0 Å². The lowest BCUT2D eigenvalue weighted by Crippen LogP contribution is -2.48. The van der Waals surface area contributed by atoms with Gasteiger partial charge >= 0.3 is 0 Å². The van der Waals surface area contributed by atoms with Crippen LogP contribution >= 0.6 is 0 Å². The van der Waals surface area contributed by atoms with Crippen molar-refractivity contribution in [3.05, 3.63) is 108 Å².